The predicted molar refractivity (Wildman–Crippen MR) is 150 cm³/mol. The molecule has 0 spiro atoms. The molecular weight excluding hydrogens is 474 g/mol. The van der Waals surface area contributed by atoms with Crippen LogP contribution in [0.25, 0.3) is 21.8 Å². The lowest BCUT2D eigenvalue weighted by Gasteiger charge is -2.18. The summed E-state index contributed by atoms with van der Waals surface area (Å²) in [7, 11) is 1.66. The molecule has 6 heteroatoms. The summed E-state index contributed by atoms with van der Waals surface area (Å²) in [6.45, 7) is 2.66. The van der Waals surface area contributed by atoms with E-state index in [9.17, 15) is 4.79 Å². The molecule has 1 saturated heterocycles. The average molecular weight is 506 g/mol. The zero-order valence-corrected chi connectivity index (χ0v) is 21.5. The van der Waals surface area contributed by atoms with E-state index in [4.69, 9.17) is 14.5 Å². The molecule has 5 aromatic rings. The van der Waals surface area contributed by atoms with Crippen molar-refractivity contribution in [3.05, 3.63) is 102 Å². The molecule has 1 aliphatic rings. The van der Waals surface area contributed by atoms with Crippen LogP contribution in [0.15, 0.2) is 91.0 Å². The van der Waals surface area contributed by atoms with Crippen LogP contribution in [-0.4, -0.2) is 40.6 Å². The second-order valence-electron chi connectivity index (χ2n) is 9.84. The van der Waals surface area contributed by atoms with Gasteiger partial charge >= 0.3 is 0 Å². The van der Waals surface area contributed by atoms with E-state index in [0.29, 0.717) is 26.1 Å². The zero-order valence-electron chi connectivity index (χ0n) is 21.5. The summed E-state index contributed by atoms with van der Waals surface area (Å²) in [5.41, 5.74) is 3.17. The van der Waals surface area contributed by atoms with Crippen LogP contribution < -0.4 is 9.47 Å². The van der Waals surface area contributed by atoms with Gasteiger partial charge in [-0.15, -0.1) is 0 Å². The molecule has 1 fully saturated rings. The van der Waals surface area contributed by atoms with Crippen LogP contribution in [0.4, 0.5) is 0 Å². The summed E-state index contributed by atoms with van der Waals surface area (Å²) in [6.07, 6.45) is 1.32. The van der Waals surface area contributed by atoms with Crippen LogP contribution in [0.3, 0.4) is 0 Å². The van der Waals surface area contributed by atoms with E-state index in [1.807, 2.05) is 65.6 Å². The first-order valence-corrected chi connectivity index (χ1v) is 13.2. The van der Waals surface area contributed by atoms with Gasteiger partial charge in [0.1, 0.15) is 17.3 Å². The van der Waals surface area contributed by atoms with Crippen LogP contribution in [0.1, 0.15) is 30.1 Å². The van der Waals surface area contributed by atoms with Crippen molar-refractivity contribution in [1.82, 2.24) is 14.5 Å². The summed E-state index contributed by atoms with van der Waals surface area (Å²) < 4.78 is 13.6. The van der Waals surface area contributed by atoms with Gasteiger partial charge in [-0.05, 0) is 59.2 Å². The van der Waals surface area contributed by atoms with Crippen molar-refractivity contribution in [2.75, 3.05) is 20.3 Å². The van der Waals surface area contributed by atoms with Gasteiger partial charge in [0.15, 0.2) is 0 Å². The van der Waals surface area contributed by atoms with Crippen molar-refractivity contribution >= 4 is 27.7 Å². The third-order valence-corrected chi connectivity index (χ3v) is 7.31. The lowest BCUT2D eigenvalue weighted by atomic mass is 10.1. The smallest absolute Gasteiger partial charge is 0.223 e. The highest BCUT2D eigenvalue weighted by molar-refractivity contribution is 5.83. The van der Waals surface area contributed by atoms with Crippen molar-refractivity contribution in [2.24, 2.45) is 0 Å². The van der Waals surface area contributed by atoms with Gasteiger partial charge in [0.05, 0.1) is 24.8 Å². The SMILES string of the molecule is COc1ccc(CN2CC(c3nc4ccccc4n3CCCOc3ccc4ccccc4c3)CC2=O)cc1. The molecule has 6 rings (SSSR count). The average Bonchev–Trinajstić information content (AvgIpc) is 3.51. The first kappa shape index (κ1) is 24.0. The lowest BCUT2D eigenvalue weighted by molar-refractivity contribution is -0.128. The van der Waals surface area contributed by atoms with Gasteiger partial charge in [0.25, 0.3) is 0 Å². The number of para-hydroxylation sites is 2. The Hall–Kier alpha value is -4.32. The lowest BCUT2D eigenvalue weighted by Crippen LogP contribution is -2.24. The molecule has 1 aliphatic heterocycles. The molecule has 1 amide bonds. The van der Waals surface area contributed by atoms with E-state index < -0.39 is 0 Å². The number of aromatic nitrogens is 2. The minimum absolute atomic E-state index is 0.0644. The first-order valence-electron chi connectivity index (χ1n) is 13.2. The van der Waals surface area contributed by atoms with E-state index in [1.165, 1.54) is 10.8 Å². The van der Waals surface area contributed by atoms with Crippen molar-refractivity contribution in [3.63, 3.8) is 0 Å². The number of methoxy groups -OCH3 is 1. The Morgan fingerprint density at radius 2 is 1.66 bits per heavy atom. The molecule has 0 bridgehead atoms. The largest absolute Gasteiger partial charge is 0.497 e. The van der Waals surface area contributed by atoms with Crippen molar-refractivity contribution < 1.29 is 14.3 Å². The third kappa shape index (κ3) is 4.94. The Bertz CT molecular complexity index is 1570. The van der Waals surface area contributed by atoms with Crippen LogP contribution in [-0.2, 0) is 17.9 Å². The van der Waals surface area contributed by atoms with Crippen LogP contribution >= 0.6 is 0 Å². The predicted octanol–water partition coefficient (Wildman–Crippen LogP) is 6.18. The van der Waals surface area contributed by atoms with Gasteiger partial charge in [0, 0.05) is 32.0 Å². The van der Waals surface area contributed by atoms with E-state index in [1.54, 1.807) is 7.11 Å². The number of benzene rings is 4. The second-order valence-corrected chi connectivity index (χ2v) is 9.84. The molecule has 0 aliphatic carbocycles. The fourth-order valence-electron chi connectivity index (χ4n) is 5.36. The summed E-state index contributed by atoms with van der Waals surface area (Å²) >= 11 is 0. The molecule has 1 atom stereocenters. The molecular formula is C32H31N3O3. The number of likely N-dealkylation sites (tertiary alicyclic amines) is 1. The highest BCUT2D eigenvalue weighted by Crippen LogP contribution is 2.32. The number of rotatable bonds is 9. The van der Waals surface area contributed by atoms with Crippen LogP contribution in [0.5, 0.6) is 11.5 Å². The van der Waals surface area contributed by atoms with Gasteiger partial charge < -0.3 is 18.9 Å². The number of fused-ring (bicyclic) bond motifs is 2. The number of amides is 1. The van der Waals surface area contributed by atoms with Crippen molar-refractivity contribution in [3.8, 4) is 11.5 Å². The van der Waals surface area contributed by atoms with Crippen LogP contribution in [0.2, 0.25) is 0 Å². The summed E-state index contributed by atoms with van der Waals surface area (Å²) in [4.78, 5) is 19.9. The molecule has 0 N–H and O–H groups in total. The maximum absolute atomic E-state index is 13.0. The third-order valence-electron chi connectivity index (χ3n) is 7.31. The van der Waals surface area contributed by atoms with Gasteiger partial charge in [-0.25, -0.2) is 4.98 Å². The molecule has 38 heavy (non-hydrogen) atoms. The summed E-state index contributed by atoms with van der Waals surface area (Å²) in [5.74, 6) is 2.92. The summed E-state index contributed by atoms with van der Waals surface area (Å²) in [6, 6.07) is 30.7. The van der Waals surface area contributed by atoms with Gasteiger partial charge in [-0.1, -0.05) is 54.6 Å². The minimum Gasteiger partial charge on any atom is -0.497 e. The molecule has 1 unspecified atom stereocenters. The minimum atomic E-state index is 0.0644. The van der Waals surface area contributed by atoms with Gasteiger partial charge in [0.2, 0.25) is 5.91 Å². The Morgan fingerprint density at radius 1 is 0.895 bits per heavy atom. The number of hydrogen-bond acceptors (Lipinski definition) is 4. The van der Waals surface area contributed by atoms with E-state index in [0.717, 1.165) is 46.9 Å². The van der Waals surface area contributed by atoms with Crippen LogP contribution in [0, 0.1) is 0 Å². The second kappa shape index (κ2) is 10.6. The molecule has 4 aromatic carbocycles. The Morgan fingerprint density at radius 3 is 2.50 bits per heavy atom. The number of ether oxygens (including phenoxy) is 2. The topological polar surface area (TPSA) is 56.6 Å². The number of carbonyl (C=O) groups is 1. The molecule has 1 aromatic heterocycles. The van der Waals surface area contributed by atoms with E-state index >= 15 is 0 Å². The fourth-order valence-corrected chi connectivity index (χ4v) is 5.36. The number of aryl methyl sites for hydroxylation is 1. The normalized spacial score (nSPS) is 15.4. The maximum atomic E-state index is 13.0. The molecule has 0 radical (unpaired) electrons. The van der Waals surface area contributed by atoms with Gasteiger partial charge in [-0.3, -0.25) is 4.79 Å². The Labute approximate surface area is 222 Å². The molecule has 6 nitrogen and oxygen atoms in total. The van der Waals surface area contributed by atoms with Gasteiger partial charge in [-0.2, -0.15) is 0 Å². The quantitative estimate of drug-likeness (QED) is 0.224. The number of imidazole rings is 1. The molecule has 2 heterocycles. The molecule has 0 saturated carbocycles. The number of hydrogen-bond donors (Lipinski definition) is 0. The highest BCUT2D eigenvalue weighted by Gasteiger charge is 2.34. The highest BCUT2D eigenvalue weighted by atomic mass is 16.5. The maximum Gasteiger partial charge on any atom is 0.223 e. The number of carbonyl (C=O) groups excluding carboxylic acids is 1. The summed E-state index contributed by atoms with van der Waals surface area (Å²) in [5, 5.41) is 2.39. The Balaban J connectivity index is 1.15. The standard InChI is InChI=1S/C32H31N3O3/c1-37-27-14-11-23(12-15-27)21-34-22-26(20-31(34)36)32-33-29-9-4-5-10-30(29)35(32)17-6-18-38-28-16-13-24-7-2-3-8-25(24)19-28/h2-5,7-16,19,26H,6,17-18,20-22H2,1H3. The van der Waals surface area contributed by atoms with E-state index in [-0.39, 0.29) is 11.8 Å². The van der Waals surface area contributed by atoms with Crippen molar-refractivity contribution in [1.29, 1.82) is 0 Å². The monoisotopic (exact) mass is 505 g/mol. The van der Waals surface area contributed by atoms with Crippen molar-refractivity contribution in [2.45, 2.75) is 31.8 Å². The fraction of sp³-hybridized carbons (Fsp3) is 0.250. The van der Waals surface area contributed by atoms with E-state index in [2.05, 4.69) is 34.9 Å². The zero-order chi connectivity index (χ0) is 25.9. The Kier molecular flexibility index (Phi) is 6.69. The molecule has 192 valence electrons. The first-order chi connectivity index (χ1) is 18.7. The number of nitrogens with zero attached hydrogens (tertiary/aromatic N) is 3.